The standard InChI is InChI=1S/C19H25FN2O2.C14H17FN2.C10H18O5/c1-19(2,3)24-18(23)22-8-6-13(7-9-22)10-14-12-21-17-5-4-15(20)11-16(14)17;15-12-1-2-14-13(8-12)11(9-17-14)7-10-3-5-16-6-4-10;1-9(2,3)14-7(11)13-8(12)15-10(4,5)6/h4-5,11-13,21H,6-10H2,1-3H3;1-2,8-10,16-17H,3-7H2;1-6H3. The van der Waals surface area contributed by atoms with Crippen molar-refractivity contribution in [1.82, 2.24) is 20.2 Å². The van der Waals surface area contributed by atoms with E-state index < -0.39 is 29.1 Å². The molecule has 13 heteroatoms. The fourth-order valence-corrected chi connectivity index (χ4v) is 6.60. The summed E-state index contributed by atoms with van der Waals surface area (Å²) in [6.45, 7) is 19.3. The number of carbonyl (C=O) groups excluding carboxylic acids is 3. The summed E-state index contributed by atoms with van der Waals surface area (Å²) in [5, 5.41) is 5.38. The molecule has 4 aromatic rings. The lowest BCUT2D eigenvalue weighted by molar-refractivity contribution is -0.0294. The minimum Gasteiger partial charge on any atom is -0.444 e. The maximum absolute atomic E-state index is 13.5. The molecule has 0 aliphatic carbocycles. The van der Waals surface area contributed by atoms with Gasteiger partial charge < -0.3 is 39.1 Å². The monoisotopic (exact) mass is 782 g/mol. The minimum atomic E-state index is -1.06. The molecule has 308 valence electrons. The number of nitrogens with zero attached hydrogens (tertiary/aromatic N) is 1. The molecule has 2 saturated heterocycles. The molecule has 56 heavy (non-hydrogen) atoms. The van der Waals surface area contributed by atoms with Gasteiger partial charge in [-0.2, -0.15) is 0 Å². The van der Waals surface area contributed by atoms with E-state index in [1.807, 2.05) is 39.2 Å². The molecule has 0 radical (unpaired) electrons. The van der Waals surface area contributed by atoms with Gasteiger partial charge >= 0.3 is 18.4 Å². The molecule has 1 amide bonds. The number of halogens is 2. The van der Waals surface area contributed by atoms with E-state index in [0.29, 0.717) is 5.92 Å². The second-order valence-corrected chi connectivity index (χ2v) is 17.6. The van der Waals surface area contributed by atoms with E-state index in [-0.39, 0.29) is 17.7 Å². The predicted octanol–water partition coefficient (Wildman–Crippen LogP) is 10.2. The van der Waals surface area contributed by atoms with Crippen molar-refractivity contribution < 1.29 is 42.1 Å². The normalized spacial score (nSPS) is 15.7. The summed E-state index contributed by atoms with van der Waals surface area (Å²) in [6, 6.07) is 9.81. The Morgan fingerprint density at radius 3 is 1.46 bits per heavy atom. The van der Waals surface area contributed by atoms with Crippen molar-refractivity contribution in [3.63, 3.8) is 0 Å². The third-order valence-corrected chi connectivity index (χ3v) is 9.15. The van der Waals surface area contributed by atoms with E-state index in [0.717, 1.165) is 85.1 Å². The molecule has 2 aromatic carbocycles. The third kappa shape index (κ3) is 14.8. The first-order valence-electron chi connectivity index (χ1n) is 19.5. The Morgan fingerprint density at radius 1 is 0.643 bits per heavy atom. The van der Waals surface area contributed by atoms with Gasteiger partial charge in [0.1, 0.15) is 28.4 Å². The number of hydrogen-bond donors (Lipinski definition) is 3. The van der Waals surface area contributed by atoms with E-state index in [9.17, 15) is 23.2 Å². The smallest absolute Gasteiger partial charge is 0.444 e. The minimum absolute atomic E-state index is 0.149. The number of aromatic nitrogens is 2. The van der Waals surface area contributed by atoms with E-state index in [4.69, 9.17) is 14.2 Å². The predicted molar refractivity (Wildman–Crippen MR) is 214 cm³/mol. The Bertz CT molecular complexity index is 1880. The number of hydrogen-bond acceptors (Lipinski definition) is 8. The van der Waals surface area contributed by atoms with Gasteiger partial charge in [-0.25, -0.2) is 23.2 Å². The van der Waals surface area contributed by atoms with Crippen LogP contribution >= 0.6 is 0 Å². The molecule has 3 N–H and O–H groups in total. The number of likely N-dealkylation sites (tertiary alicyclic amines) is 1. The van der Waals surface area contributed by atoms with Gasteiger partial charge in [-0.05, 0) is 173 Å². The number of ether oxygens (including phenoxy) is 4. The molecule has 2 aromatic heterocycles. The lowest BCUT2D eigenvalue weighted by Crippen LogP contribution is -2.42. The number of aromatic amines is 2. The number of amides is 1. The zero-order valence-electron chi connectivity index (χ0n) is 34.4. The highest BCUT2D eigenvalue weighted by Gasteiger charge is 2.28. The van der Waals surface area contributed by atoms with Crippen LogP contribution in [-0.4, -0.2) is 76.3 Å². The summed E-state index contributed by atoms with van der Waals surface area (Å²) < 4.78 is 46.0. The third-order valence-electron chi connectivity index (χ3n) is 9.15. The van der Waals surface area contributed by atoms with E-state index in [1.165, 1.54) is 30.5 Å². The van der Waals surface area contributed by atoms with Crippen molar-refractivity contribution in [1.29, 1.82) is 0 Å². The Kier molecular flexibility index (Phi) is 14.9. The molecule has 0 bridgehead atoms. The van der Waals surface area contributed by atoms with Crippen molar-refractivity contribution in [2.24, 2.45) is 11.8 Å². The Balaban J connectivity index is 0.000000194. The lowest BCUT2D eigenvalue weighted by atomic mass is 9.90. The molecule has 2 aliphatic heterocycles. The number of rotatable bonds is 4. The zero-order chi connectivity index (χ0) is 41.3. The van der Waals surface area contributed by atoms with Crippen LogP contribution in [0.15, 0.2) is 48.8 Å². The second-order valence-electron chi connectivity index (χ2n) is 17.6. The SMILES string of the molecule is CC(C)(C)OC(=O)N1CCC(Cc2c[nH]c3ccc(F)cc23)CC1.CC(C)(C)OC(=O)OC(=O)OC(C)(C)C.Fc1ccc2[nH]cc(CC3CCNCC3)c2c1. The lowest BCUT2D eigenvalue weighted by Gasteiger charge is -2.33. The molecule has 11 nitrogen and oxygen atoms in total. The molecule has 2 fully saturated rings. The van der Waals surface area contributed by atoms with Crippen LogP contribution in [0, 0.1) is 23.5 Å². The van der Waals surface area contributed by atoms with Crippen molar-refractivity contribution in [3.05, 3.63) is 71.6 Å². The number of fused-ring (bicyclic) bond motifs is 2. The number of nitrogens with one attached hydrogen (secondary N) is 3. The van der Waals surface area contributed by atoms with Crippen molar-refractivity contribution in [2.75, 3.05) is 26.2 Å². The average Bonchev–Trinajstić information content (AvgIpc) is 3.66. The van der Waals surface area contributed by atoms with Gasteiger partial charge in [0.2, 0.25) is 0 Å². The van der Waals surface area contributed by atoms with E-state index in [1.54, 1.807) is 64.6 Å². The molecule has 0 unspecified atom stereocenters. The summed E-state index contributed by atoms with van der Waals surface area (Å²) in [4.78, 5) is 42.3. The fraction of sp³-hybridized carbons (Fsp3) is 0.558. The van der Waals surface area contributed by atoms with E-state index in [2.05, 4.69) is 20.0 Å². The summed E-state index contributed by atoms with van der Waals surface area (Å²) in [7, 11) is 0. The van der Waals surface area contributed by atoms with Gasteiger partial charge in [0.05, 0.1) is 0 Å². The van der Waals surface area contributed by atoms with Crippen molar-refractivity contribution in [3.8, 4) is 0 Å². The van der Waals surface area contributed by atoms with Crippen LogP contribution in [0.5, 0.6) is 0 Å². The summed E-state index contributed by atoms with van der Waals surface area (Å²) in [5.74, 6) is 0.885. The summed E-state index contributed by atoms with van der Waals surface area (Å²) >= 11 is 0. The van der Waals surface area contributed by atoms with Crippen LogP contribution < -0.4 is 5.32 Å². The quantitative estimate of drug-likeness (QED) is 0.106. The van der Waals surface area contributed by atoms with Crippen LogP contribution in [0.4, 0.5) is 23.2 Å². The maximum Gasteiger partial charge on any atom is 0.519 e. The van der Waals surface area contributed by atoms with Gasteiger partial charge in [0.15, 0.2) is 0 Å². The van der Waals surface area contributed by atoms with Gasteiger partial charge in [-0.3, -0.25) is 0 Å². The van der Waals surface area contributed by atoms with Gasteiger partial charge in [0.25, 0.3) is 0 Å². The molecule has 4 heterocycles. The first-order valence-corrected chi connectivity index (χ1v) is 19.5. The zero-order valence-corrected chi connectivity index (χ0v) is 34.4. The van der Waals surface area contributed by atoms with Crippen LogP contribution in [-0.2, 0) is 31.8 Å². The highest BCUT2D eigenvalue weighted by molar-refractivity contribution is 5.84. The largest absolute Gasteiger partial charge is 0.519 e. The highest BCUT2D eigenvalue weighted by atomic mass is 19.1. The van der Waals surface area contributed by atoms with Gasteiger partial charge in [-0.15, -0.1) is 0 Å². The van der Waals surface area contributed by atoms with Gasteiger partial charge in [-0.1, -0.05) is 0 Å². The number of carbonyl (C=O) groups is 3. The Morgan fingerprint density at radius 2 is 1.05 bits per heavy atom. The Labute approximate surface area is 329 Å². The molecule has 0 spiro atoms. The van der Waals surface area contributed by atoms with Crippen molar-refractivity contribution >= 4 is 40.2 Å². The second kappa shape index (κ2) is 19.0. The molecule has 2 aliphatic rings. The summed E-state index contributed by atoms with van der Waals surface area (Å²) in [5.41, 5.74) is 2.57. The van der Waals surface area contributed by atoms with Gasteiger partial charge in [0, 0.05) is 47.3 Å². The molecule has 0 atom stereocenters. The van der Waals surface area contributed by atoms with Crippen LogP contribution in [0.3, 0.4) is 0 Å². The molecular weight excluding hydrogens is 722 g/mol. The van der Waals surface area contributed by atoms with Crippen molar-refractivity contribution in [2.45, 2.75) is 118 Å². The number of H-pyrrole nitrogens is 2. The molecule has 6 rings (SSSR count). The fourth-order valence-electron chi connectivity index (χ4n) is 6.60. The van der Waals surface area contributed by atoms with Crippen LogP contribution in [0.25, 0.3) is 21.8 Å². The van der Waals surface area contributed by atoms with Crippen LogP contribution in [0.1, 0.15) is 99.1 Å². The molecule has 0 saturated carbocycles. The highest BCUT2D eigenvalue weighted by Crippen LogP contribution is 2.28. The van der Waals surface area contributed by atoms with E-state index >= 15 is 0 Å². The van der Waals surface area contributed by atoms with Crippen LogP contribution in [0.2, 0.25) is 0 Å². The average molecular weight is 783 g/mol. The topological polar surface area (TPSA) is 135 Å². The first kappa shape index (κ1) is 44.1. The number of benzene rings is 2. The number of piperidine rings is 2. The Hall–Kier alpha value is -4.65. The maximum atomic E-state index is 13.5. The first-order chi connectivity index (χ1) is 26.1. The summed E-state index contributed by atoms with van der Waals surface area (Å²) in [6.07, 6.45) is 7.98. The molecular formula is C43H60F2N4O7.